The fourth-order valence-corrected chi connectivity index (χ4v) is 3.08. The monoisotopic (exact) mass is 302 g/mol. The van der Waals surface area contributed by atoms with Crippen LogP contribution in [0.3, 0.4) is 0 Å². The minimum atomic E-state index is 0.101. The van der Waals surface area contributed by atoms with Gasteiger partial charge in [0.15, 0.2) is 0 Å². The quantitative estimate of drug-likeness (QED) is 0.872. The summed E-state index contributed by atoms with van der Waals surface area (Å²) in [7, 11) is 0. The van der Waals surface area contributed by atoms with Crippen molar-refractivity contribution in [2.24, 2.45) is 11.8 Å². The molecule has 0 saturated carbocycles. The van der Waals surface area contributed by atoms with Crippen molar-refractivity contribution in [1.29, 1.82) is 0 Å². The van der Waals surface area contributed by atoms with E-state index in [0.29, 0.717) is 11.8 Å². The van der Waals surface area contributed by atoms with E-state index in [2.05, 4.69) is 62.6 Å². The van der Waals surface area contributed by atoms with Crippen LogP contribution >= 0.6 is 0 Å². The van der Waals surface area contributed by atoms with E-state index in [1.165, 1.54) is 11.1 Å². The molecule has 122 valence electrons. The molecule has 0 radical (unpaired) electrons. The van der Waals surface area contributed by atoms with E-state index in [1.54, 1.807) is 0 Å². The summed E-state index contributed by atoms with van der Waals surface area (Å²) in [5, 5.41) is 6.60. The number of nitrogens with one attached hydrogen (secondary N) is 2. The van der Waals surface area contributed by atoms with E-state index in [4.69, 9.17) is 0 Å². The highest BCUT2D eigenvalue weighted by Crippen LogP contribution is 2.25. The second kappa shape index (κ2) is 7.77. The van der Waals surface area contributed by atoms with Crippen LogP contribution in [0.1, 0.15) is 63.6 Å². The molecule has 0 aromatic heterocycles. The van der Waals surface area contributed by atoms with E-state index in [1.807, 2.05) is 0 Å². The van der Waals surface area contributed by atoms with Crippen LogP contribution in [0, 0.1) is 11.8 Å². The molecule has 0 spiro atoms. The molecule has 2 N–H and O–H groups in total. The van der Waals surface area contributed by atoms with Gasteiger partial charge in [-0.2, -0.15) is 0 Å². The van der Waals surface area contributed by atoms with Crippen molar-refractivity contribution in [3.63, 3.8) is 0 Å². The molecular weight excluding hydrogens is 272 g/mol. The molecule has 22 heavy (non-hydrogen) atoms. The fourth-order valence-electron chi connectivity index (χ4n) is 3.08. The Kier molecular flexibility index (Phi) is 6.01. The topological polar surface area (TPSA) is 41.1 Å². The summed E-state index contributed by atoms with van der Waals surface area (Å²) in [5.74, 6) is 1.30. The first kappa shape index (κ1) is 17.0. The lowest BCUT2D eigenvalue weighted by Gasteiger charge is -2.28. The average Bonchev–Trinajstić information content (AvgIpc) is 2.53. The maximum absolute atomic E-state index is 12.5. The highest BCUT2D eigenvalue weighted by molar-refractivity contribution is 5.79. The molecule has 1 fully saturated rings. The maximum Gasteiger partial charge on any atom is 0.223 e. The highest BCUT2D eigenvalue weighted by atomic mass is 16.1. The SMILES string of the molecule is CC(C)c1ccc(C(NC(=O)C2CCNCC2)C(C)C)cc1. The largest absolute Gasteiger partial charge is 0.349 e. The number of hydrogen-bond acceptors (Lipinski definition) is 2. The Morgan fingerprint density at radius 3 is 2.09 bits per heavy atom. The summed E-state index contributed by atoms with van der Waals surface area (Å²) in [6.45, 7) is 10.6. The number of carbonyl (C=O) groups is 1. The summed E-state index contributed by atoms with van der Waals surface area (Å²) in [4.78, 5) is 12.5. The van der Waals surface area contributed by atoms with Gasteiger partial charge in [0.05, 0.1) is 6.04 Å². The van der Waals surface area contributed by atoms with Crippen LogP contribution in [0.4, 0.5) is 0 Å². The highest BCUT2D eigenvalue weighted by Gasteiger charge is 2.25. The molecule has 0 bridgehead atoms. The first-order chi connectivity index (χ1) is 10.5. The Balaban J connectivity index is 2.07. The van der Waals surface area contributed by atoms with E-state index >= 15 is 0 Å². The predicted octanol–water partition coefficient (Wildman–Crippen LogP) is 3.62. The zero-order valence-corrected chi connectivity index (χ0v) is 14.4. The minimum absolute atomic E-state index is 0.101. The number of piperidine rings is 1. The van der Waals surface area contributed by atoms with E-state index in [0.717, 1.165) is 25.9 Å². The smallest absolute Gasteiger partial charge is 0.223 e. The van der Waals surface area contributed by atoms with Gasteiger partial charge in [-0.3, -0.25) is 4.79 Å². The Hall–Kier alpha value is -1.35. The van der Waals surface area contributed by atoms with E-state index < -0.39 is 0 Å². The van der Waals surface area contributed by atoms with Crippen LogP contribution in [0.15, 0.2) is 24.3 Å². The number of carbonyl (C=O) groups excluding carboxylic acids is 1. The van der Waals surface area contributed by atoms with Gasteiger partial charge in [0.25, 0.3) is 0 Å². The van der Waals surface area contributed by atoms with E-state index in [9.17, 15) is 4.79 Å². The molecule has 1 heterocycles. The lowest BCUT2D eigenvalue weighted by molar-refractivity contribution is -0.126. The van der Waals surface area contributed by atoms with Gasteiger partial charge in [0, 0.05) is 5.92 Å². The summed E-state index contributed by atoms with van der Waals surface area (Å²) in [6.07, 6.45) is 1.89. The molecule has 1 atom stereocenters. The molecule has 3 heteroatoms. The number of rotatable bonds is 5. The molecule has 1 aromatic carbocycles. The predicted molar refractivity (Wildman–Crippen MR) is 91.8 cm³/mol. The van der Waals surface area contributed by atoms with Crippen LogP contribution in [0.25, 0.3) is 0 Å². The van der Waals surface area contributed by atoms with Crippen molar-refractivity contribution in [3.05, 3.63) is 35.4 Å². The molecule has 1 unspecified atom stereocenters. The Bertz CT molecular complexity index is 473. The molecule has 3 nitrogen and oxygen atoms in total. The van der Waals surface area contributed by atoms with Crippen molar-refractivity contribution in [1.82, 2.24) is 10.6 Å². The number of amides is 1. The lowest BCUT2D eigenvalue weighted by Crippen LogP contribution is -2.40. The third kappa shape index (κ3) is 4.33. The van der Waals surface area contributed by atoms with Gasteiger partial charge in [0.1, 0.15) is 0 Å². The zero-order valence-electron chi connectivity index (χ0n) is 14.4. The van der Waals surface area contributed by atoms with Crippen LogP contribution in [-0.2, 0) is 4.79 Å². The van der Waals surface area contributed by atoms with Gasteiger partial charge >= 0.3 is 0 Å². The van der Waals surface area contributed by atoms with Gasteiger partial charge < -0.3 is 10.6 Å². The molecule has 1 amide bonds. The molecule has 0 aliphatic carbocycles. The van der Waals surface area contributed by atoms with Crippen molar-refractivity contribution < 1.29 is 4.79 Å². The van der Waals surface area contributed by atoms with Gasteiger partial charge in [-0.25, -0.2) is 0 Å². The molecule has 1 aliphatic heterocycles. The molecule has 1 aromatic rings. The standard InChI is InChI=1S/C19H30N2O/c1-13(2)15-5-7-16(8-6-15)18(14(3)4)21-19(22)17-9-11-20-12-10-17/h5-8,13-14,17-18,20H,9-12H2,1-4H3,(H,21,22). The molecule has 1 aliphatic rings. The molecule has 2 rings (SSSR count). The summed E-state index contributed by atoms with van der Waals surface area (Å²) < 4.78 is 0. The Labute approximate surface area is 134 Å². The Morgan fingerprint density at radius 2 is 1.59 bits per heavy atom. The molecule has 1 saturated heterocycles. The summed E-state index contributed by atoms with van der Waals surface area (Å²) in [6, 6.07) is 8.81. The minimum Gasteiger partial charge on any atom is -0.349 e. The second-order valence-electron chi connectivity index (χ2n) is 7.08. The van der Waals surface area contributed by atoms with Gasteiger partial charge in [-0.15, -0.1) is 0 Å². The van der Waals surface area contributed by atoms with Crippen molar-refractivity contribution in [2.75, 3.05) is 13.1 Å². The lowest BCUT2D eigenvalue weighted by atomic mass is 9.91. The maximum atomic E-state index is 12.5. The van der Waals surface area contributed by atoms with Crippen molar-refractivity contribution in [2.45, 2.75) is 52.5 Å². The third-order valence-corrected chi connectivity index (χ3v) is 4.64. The van der Waals surface area contributed by atoms with E-state index in [-0.39, 0.29) is 17.9 Å². The number of benzene rings is 1. The van der Waals surface area contributed by atoms with Crippen molar-refractivity contribution in [3.8, 4) is 0 Å². The van der Waals surface area contributed by atoms with Crippen LogP contribution in [0.5, 0.6) is 0 Å². The third-order valence-electron chi connectivity index (χ3n) is 4.64. The van der Waals surface area contributed by atoms with Crippen LogP contribution in [0.2, 0.25) is 0 Å². The number of hydrogen-bond donors (Lipinski definition) is 2. The van der Waals surface area contributed by atoms with Gasteiger partial charge in [0.2, 0.25) is 5.91 Å². The van der Waals surface area contributed by atoms with Crippen LogP contribution < -0.4 is 10.6 Å². The first-order valence-electron chi connectivity index (χ1n) is 8.60. The van der Waals surface area contributed by atoms with Gasteiger partial charge in [-0.05, 0) is 48.9 Å². The summed E-state index contributed by atoms with van der Waals surface area (Å²) in [5.41, 5.74) is 2.55. The van der Waals surface area contributed by atoms with Crippen molar-refractivity contribution >= 4 is 5.91 Å². The van der Waals surface area contributed by atoms with Gasteiger partial charge in [-0.1, -0.05) is 52.0 Å². The second-order valence-corrected chi connectivity index (χ2v) is 7.08. The Morgan fingerprint density at radius 1 is 1.05 bits per heavy atom. The first-order valence-corrected chi connectivity index (χ1v) is 8.60. The fraction of sp³-hybridized carbons (Fsp3) is 0.632. The molecular formula is C19H30N2O. The summed E-state index contributed by atoms with van der Waals surface area (Å²) >= 11 is 0. The van der Waals surface area contributed by atoms with Crippen LogP contribution in [-0.4, -0.2) is 19.0 Å². The average molecular weight is 302 g/mol. The zero-order chi connectivity index (χ0) is 16.1. The normalized spacial score (nSPS) is 17.7.